The predicted molar refractivity (Wildman–Crippen MR) is 113 cm³/mol. The predicted octanol–water partition coefficient (Wildman–Crippen LogP) is 3.42. The first-order chi connectivity index (χ1) is 13.6. The van der Waals surface area contributed by atoms with Gasteiger partial charge in [0.1, 0.15) is 4.21 Å². The van der Waals surface area contributed by atoms with Gasteiger partial charge in [0.2, 0.25) is 0 Å². The number of hydrogen-bond donors (Lipinski definition) is 1. The molecule has 1 aliphatic heterocycles. The van der Waals surface area contributed by atoms with Crippen molar-refractivity contribution in [1.29, 1.82) is 0 Å². The van der Waals surface area contributed by atoms with E-state index >= 15 is 0 Å². The van der Waals surface area contributed by atoms with Crippen LogP contribution in [0, 0.1) is 5.41 Å². The highest BCUT2D eigenvalue weighted by Crippen LogP contribution is 2.34. The fraction of sp³-hybridized carbons (Fsp3) is 0.400. The summed E-state index contributed by atoms with van der Waals surface area (Å²) in [5.41, 5.74) is 1.34. The van der Waals surface area contributed by atoms with Gasteiger partial charge in [0, 0.05) is 12.2 Å². The number of carbonyl (C=O) groups excluding carboxylic acids is 2. The molecule has 0 atom stereocenters. The van der Waals surface area contributed by atoms with Crippen LogP contribution in [0.15, 0.2) is 39.9 Å². The maximum atomic E-state index is 12.9. The molecule has 156 valence electrons. The van der Waals surface area contributed by atoms with Crippen LogP contribution in [0.1, 0.15) is 32.8 Å². The fourth-order valence-corrected chi connectivity index (χ4v) is 5.60. The molecule has 0 spiro atoms. The largest absolute Gasteiger partial charge is 0.455 e. The van der Waals surface area contributed by atoms with E-state index < -0.39 is 27.3 Å². The first-order valence-electron chi connectivity index (χ1n) is 9.25. The van der Waals surface area contributed by atoms with Gasteiger partial charge in [0.05, 0.1) is 11.1 Å². The number of ether oxygens (including phenoxy) is 1. The second kappa shape index (κ2) is 8.16. The van der Waals surface area contributed by atoms with Gasteiger partial charge in [-0.05, 0) is 68.8 Å². The van der Waals surface area contributed by atoms with E-state index in [0.717, 1.165) is 5.56 Å². The molecule has 2 aromatic rings. The SMILES string of the molecule is CC(C)(C)C(=O)OCC(=O)Nc1ccc2c(c1)CCCN2S(=O)(=O)c1cccs1. The molecule has 7 nitrogen and oxygen atoms in total. The van der Waals surface area contributed by atoms with Crippen LogP contribution in [0.4, 0.5) is 11.4 Å². The summed E-state index contributed by atoms with van der Waals surface area (Å²) in [6.07, 6.45) is 1.41. The van der Waals surface area contributed by atoms with Crippen molar-refractivity contribution in [2.45, 2.75) is 37.8 Å². The smallest absolute Gasteiger partial charge is 0.311 e. The van der Waals surface area contributed by atoms with E-state index in [1.54, 1.807) is 56.5 Å². The van der Waals surface area contributed by atoms with E-state index in [1.807, 2.05) is 0 Å². The lowest BCUT2D eigenvalue weighted by Gasteiger charge is -2.30. The summed E-state index contributed by atoms with van der Waals surface area (Å²) in [4.78, 5) is 23.9. The quantitative estimate of drug-likeness (QED) is 0.725. The number of esters is 1. The Morgan fingerprint density at radius 3 is 2.66 bits per heavy atom. The number of amides is 1. The summed E-state index contributed by atoms with van der Waals surface area (Å²) >= 11 is 1.19. The first kappa shape index (κ1) is 21.3. The minimum absolute atomic E-state index is 0.309. The van der Waals surface area contributed by atoms with Gasteiger partial charge in [0.15, 0.2) is 6.61 Å². The molecule has 1 aromatic carbocycles. The molecule has 0 radical (unpaired) electrons. The second-order valence-corrected chi connectivity index (χ2v) is 10.9. The number of sulfonamides is 1. The van der Waals surface area contributed by atoms with Crippen LogP contribution in [-0.4, -0.2) is 33.4 Å². The Morgan fingerprint density at radius 1 is 1.24 bits per heavy atom. The average Bonchev–Trinajstić information content (AvgIpc) is 3.20. The van der Waals surface area contributed by atoms with Gasteiger partial charge in [0.25, 0.3) is 15.9 Å². The third-order valence-electron chi connectivity index (χ3n) is 4.43. The Balaban J connectivity index is 1.73. The highest BCUT2D eigenvalue weighted by atomic mass is 32.2. The molecular weight excluding hydrogens is 412 g/mol. The number of anilines is 2. The van der Waals surface area contributed by atoms with Gasteiger partial charge in [-0.15, -0.1) is 11.3 Å². The highest BCUT2D eigenvalue weighted by Gasteiger charge is 2.30. The van der Waals surface area contributed by atoms with E-state index in [0.29, 0.717) is 35.0 Å². The minimum Gasteiger partial charge on any atom is -0.455 e. The standard InChI is InChI=1S/C20H24N2O5S2/c1-20(2,3)19(24)27-13-17(23)21-15-8-9-16-14(12-15)6-4-10-22(16)29(25,26)18-7-5-11-28-18/h5,7-9,11-12H,4,6,10,13H2,1-3H3,(H,21,23). The second-order valence-electron chi connectivity index (χ2n) is 7.83. The Hall–Kier alpha value is -2.39. The molecule has 1 amide bonds. The van der Waals surface area contributed by atoms with Crippen molar-refractivity contribution in [1.82, 2.24) is 0 Å². The number of benzene rings is 1. The molecule has 0 saturated carbocycles. The van der Waals surface area contributed by atoms with Crippen molar-refractivity contribution < 1.29 is 22.7 Å². The van der Waals surface area contributed by atoms with Crippen molar-refractivity contribution in [3.63, 3.8) is 0 Å². The van der Waals surface area contributed by atoms with E-state index in [4.69, 9.17) is 4.74 Å². The molecular formula is C20H24N2O5S2. The number of aryl methyl sites for hydroxylation is 1. The molecule has 1 N–H and O–H groups in total. The molecule has 0 saturated heterocycles. The number of carbonyl (C=O) groups is 2. The zero-order valence-electron chi connectivity index (χ0n) is 16.6. The first-order valence-corrected chi connectivity index (χ1v) is 11.6. The lowest BCUT2D eigenvalue weighted by molar-refractivity contribution is -0.155. The monoisotopic (exact) mass is 436 g/mol. The van der Waals surface area contributed by atoms with Gasteiger partial charge in [-0.1, -0.05) is 6.07 Å². The number of thiophene rings is 1. The van der Waals surface area contributed by atoms with Crippen molar-refractivity contribution in [2.75, 3.05) is 22.8 Å². The third-order valence-corrected chi connectivity index (χ3v) is 7.61. The van der Waals surface area contributed by atoms with Crippen molar-refractivity contribution >= 4 is 44.6 Å². The Kier molecular flexibility index (Phi) is 6.00. The van der Waals surface area contributed by atoms with E-state index in [-0.39, 0.29) is 6.61 Å². The van der Waals surface area contributed by atoms with E-state index in [9.17, 15) is 18.0 Å². The molecule has 0 aliphatic carbocycles. The maximum absolute atomic E-state index is 12.9. The third kappa shape index (κ3) is 4.79. The summed E-state index contributed by atoms with van der Waals surface area (Å²) in [5.74, 6) is -0.895. The molecule has 1 aromatic heterocycles. The highest BCUT2D eigenvalue weighted by molar-refractivity contribution is 7.94. The zero-order chi connectivity index (χ0) is 21.2. The van der Waals surface area contributed by atoms with Crippen molar-refractivity contribution in [2.24, 2.45) is 5.41 Å². The van der Waals surface area contributed by atoms with E-state index in [1.165, 1.54) is 15.6 Å². The molecule has 0 bridgehead atoms. The summed E-state index contributed by atoms with van der Waals surface area (Å²) in [6, 6.07) is 8.45. The molecule has 2 heterocycles. The normalized spacial score (nSPS) is 14.2. The maximum Gasteiger partial charge on any atom is 0.311 e. The van der Waals surface area contributed by atoms with Gasteiger partial charge >= 0.3 is 5.97 Å². The molecule has 9 heteroatoms. The number of rotatable bonds is 5. The zero-order valence-corrected chi connectivity index (χ0v) is 18.2. The van der Waals surface area contributed by atoms with Crippen molar-refractivity contribution in [3.8, 4) is 0 Å². The van der Waals surface area contributed by atoms with Crippen LogP contribution in [-0.2, 0) is 30.8 Å². The summed E-state index contributed by atoms with van der Waals surface area (Å²) in [5, 5.41) is 4.44. The Labute approximate surface area is 174 Å². The molecule has 3 rings (SSSR count). The van der Waals surface area contributed by atoms with Gasteiger partial charge in [-0.2, -0.15) is 0 Å². The summed E-state index contributed by atoms with van der Waals surface area (Å²) in [6.45, 7) is 5.19. The number of nitrogens with one attached hydrogen (secondary N) is 1. The lowest BCUT2D eigenvalue weighted by atomic mass is 9.97. The summed E-state index contributed by atoms with van der Waals surface area (Å²) < 4.78 is 32.6. The lowest BCUT2D eigenvalue weighted by Crippen LogP contribution is -2.35. The van der Waals surface area contributed by atoms with Crippen LogP contribution >= 0.6 is 11.3 Å². The van der Waals surface area contributed by atoms with Crippen molar-refractivity contribution in [3.05, 3.63) is 41.3 Å². The molecule has 0 fully saturated rings. The van der Waals surface area contributed by atoms with Gasteiger partial charge in [-0.25, -0.2) is 8.42 Å². The number of nitrogens with zero attached hydrogens (tertiary/aromatic N) is 1. The van der Waals surface area contributed by atoms with Gasteiger partial charge < -0.3 is 10.1 Å². The number of fused-ring (bicyclic) bond motifs is 1. The number of hydrogen-bond acceptors (Lipinski definition) is 6. The topological polar surface area (TPSA) is 92.8 Å². The molecule has 0 unspecified atom stereocenters. The van der Waals surface area contributed by atoms with Crippen LogP contribution in [0.2, 0.25) is 0 Å². The summed E-state index contributed by atoms with van der Waals surface area (Å²) in [7, 11) is -3.59. The Morgan fingerprint density at radius 2 is 2.00 bits per heavy atom. The fourth-order valence-electron chi connectivity index (χ4n) is 2.95. The average molecular weight is 437 g/mol. The van der Waals surface area contributed by atoms with Crippen LogP contribution < -0.4 is 9.62 Å². The molecule has 1 aliphatic rings. The van der Waals surface area contributed by atoms with Crippen LogP contribution in [0.25, 0.3) is 0 Å². The van der Waals surface area contributed by atoms with Crippen LogP contribution in [0.3, 0.4) is 0 Å². The minimum atomic E-state index is -3.59. The molecule has 29 heavy (non-hydrogen) atoms. The van der Waals surface area contributed by atoms with E-state index in [2.05, 4.69) is 5.32 Å². The Bertz CT molecular complexity index is 1010. The van der Waals surface area contributed by atoms with Gasteiger partial charge in [-0.3, -0.25) is 13.9 Å². The van der Waals surface area contributed by atoms with Crippen LogP contribution in [0.5, 0.6) is 0 Å².